The van der Waals surface area contributed by atoms with Crippen molar-refractivity contribution in [3.05, 3.63) is 64.3 Å². The highest BCUT2D eigenvalue weighted by atomic mass is 16.5. The van der Waals surface area contributed by atoms with Gasteiger partial charge in [0.15, 0.2) is 0 Å². The molecule has 1 N–H and O–H groups in total. The van der Waals surface area contributed by atoms with Crippen molar-refractivity contribution in [2.75, 3.05) is 19.7 Å². The number of hydrogen-bond donors (Lipinski definition) is 1. The molecule has 6 nitrogen and oxygen atoms in total. The van der Waals surface area contributed by atoms with Crippen LogP contribution in [0.15, 0.2) is 47.5 Å². The molecule has 0 spiro atoms. The molecule has 1 aromatic carbocycles. The molecule has 6 heteroatoms. The van der Waals surface area contributed by atoms with E-state index < -0.39 is 0 Å². The van der Waals surface area contributed by atoms with Gasteiger partial charge in [0.1, 0.15) is 11.6 Å². The van der Waals surface area contributed by atoms with Crippen LogP contribution in [0, 0.1) is 5.92 Å². The molecule has 0 unspecified atom stereocenters. The van der Waals surface area contributed by atoms with Gasteiger partial charge in [0.2, 0.25) is 0 Å². The van der Waals surface area contributed by atoms with E-state index in [9.17, 15) is 4.79 Å². The van der Waals surface area contributed by atoms with Crippen molar-refractivity contribution in [2.45, 2.75) is 25.3 Å². The molecule has 1 fully saturated rings. The molecule has 0 saturated carbocycles. The third-order valence-electron chi connectivity index (χ3n) is 6.34. The number of aromatic nitrogens is 3. The minimum atomic E-state index is 0.0649. The first-order chi connectivity index (χ1) is 13.8. The summed E-state index contributed by atoms with van der Waals surface area (Å²) in [5, 5.41) is 3.50. The molecular weight excluding hydrogens is 352 g/mol. The molecule has 3 aliphatic heterocycles. The Kier molecular flexibility index (Phi) is 3.50. The quantitative estimate of drug-likeness (QED) is 0.748. The van der Waals surface area contributed by atoms with Crippen molar-refractivity contribution in [2.24, 2.45) is 5.92 Å². The lowest BCUT2D eigenvalue weighted by Gasteiger charge is -2.37. The highest BCUT2D eigenvalue weighted by Gasteiger charge is 2.32. The van der Waals surface area contributed by atoms with E-state index in [0.717, 1.165) is 43.2 Å². The highest BCUT2D eigenvalue weighted by molar-refractivity contribution is 5.62. The van der Waals surface area contributed by atoms with Crippen molar-refractivity contribution in [3.63, 3.8) is 0 Å². The molecule has 28 heavy (non-hydrogen) atoms. The smallest absolute Gasteiger partial charge is 0.261 e. The van der Waals surface area contributed by atoms with Gasteiger partial charge in [-0.05, 0) is 42.6 Å². The van der Waals surface area contributed by atoms with Gasteiger partial charge in [0, 0.05) is 43.5 Å². The molecule has 0 amide bonds. The first-order valence-corrected chi connectivity index (χ1v) is 10.0. The normalized spacial score (nSPS) is 22.4. The Balaban J connectivity index is 1.50. The van der Waals surface area contributed by atoms with E-state index in [1.165, 1.54) is 12.0 Å². The summed E-state index contributed by atoms with van der Waals surface area (Å²) in [4.78, 5) is 18.0. The number of piperidine rings is 1. The third kappa shape index (κ3) is 2.31. The maximum absolute atomic E-state index is 13.4. The summed E-state index contributed by atoms with van der Waals surface area (Å²) in [6.45, 7) is 3.44. The van der Waals surface area contributed by atoms with Crippen molar-refractivity contribution >= 4 is 0 Å². The number of pyridine rings is 1. The zero-order valence-electron chi connectivity index (χ0n) is 15.6. The molecular formula is C22H22N4O2. The van der Waals surface area contributed by atoms with E-state index in [2.05, 4.69) is 22.4 Å². The standard InChI is InChI=1S/C22H22N4O2/c27-22-17(4-5-18-16-10-14(11-23-12-16)13-26(18)22)21-24-7-8-25(21)19-3-1-2-15-6-9-28-20(15)19/h1-5,7-8,14,16,23H,6,9-13H2/t14-,16+/m0/s1. The largest absolute Gasteiger partial charge is 0.491 e. The van der Waals surface area contributed by atoms with Crippen LogP contribution in [0.1, 0.15) is 23.6 Å². The van der Waals surface area contributed by atoms with Crippen LogP contribution in [0.5, 0.6) is 5.75 Å². The number of rotatable bonds is 2. The minimum absolute atomic E-state index is 0.0649. The predicted molar refractivity (Wildman–Crippen MR) is 106 cm³/mol. The Morgan fingerprint density at radius 2 is 2.14 bits per heavy atom. The van der Waals surface area contributed by atoms with Crippen LogP contribution in [0.4, 0.5) is 0 Å². The molecule has 6 rings (SSSR count). The number of nitrogens with one attached hydrogen (secondary N) is 1. The maximum Gasteiger partial charge on any atom is 0.261 e. The second-order valence-electron chi connectivity index (χ2n) is 8.03. The third-order valence-corrected chi connectivity index (χ3v) is 6.34. The van der Waals surface area contributed by atoms with Crippen LogP contribution < -0.4 is 15.6 Å². The number of nitrogens with zero attached hydrogens (tertiary/aromatic N) is 3. The molecule has 3 aromatic rings. The second-order valence-corrected chi connectivity index (χ2v) is 8.03. The Labute approximate surface area is 162 Å². The molecule has 0 radical (unpaired) electrons. The molecule has 0 aliphatic carbocycles. The Morgan fingerprint density at radius 3 is 3.11 bits per heavy atom. The van der Waals surface area contributed by atoms with Crippen LogP contribution in [0.3, 0.4) is 0 Å². The van der Waals surface area contributed by atoms with E-state index >= 15 is 0 Å². The number of ether oxygens (including phenoxy) is 1. The van der Waals surface area contributed by atoms with Gasteiger partial charge >= 0.3 is 0 Å². The minimum Gasteiger partial charge on any atom is -0.491 e. The molecule has 142 valence electrons. The predicted octanol–water partition coefficient (Wildman–Crippen LogP) is 2.34. The average Bonchev–Trinajstić information content (AvgIpc) is 3.38. The van der Waals surface area contributed by atoms with Gasteiger partial charge in [-0.25, -0.2) is 4.98 Å². The van der Waals surface area contributed by atoms with Crippen molar-refractivity contribution < 1.29 is 4.74 Å². The van der Waals surface area contributed by atoms with Crippen LogP contribution in [0.25, 0.3) is 17.1 Å². The molecule has 2 aromatic heterocycles. The van der Waals surface area contributed by atoms with Gasteiger partial charge in [-0.2, -0.15) is 0 Å². The first-order valence-electron chi connectivity index (χ1n) is 10.0. The van der Waals surface area contributed by atoms with E-state index in [1.54, 1.807) is 6.20 Å². The Bertz CT molecular complexity index is 1130. The number of para-hydroxylation sites is 1. The summed E-state index contributed by atoms with van der Waals surface area (Å²) in [7, 11) is 0. The summed E-state index contributed by atoms with van der Waals surface area (Å²) >= 11 is 0. The fourth-order valence-corrected chi connectivity index (χ4v) is 5.05. The summed E-state index contributed by atoms with van der Waals surface area (Å²) in [5.74, 6) is 2.54. The number of hydrogen-bond acceptors (Lipinski definition) is 4. The lowest BCUT2D eigenvalue weighted by Crippen LogP contribution is -2.45. The van der Waals surface area contributed by atoms with E-state index in [0.29, 0.717) is 29.8 Å². The average molecular weight is 374 g/mol. The monoisotopic (exact) mass is 374 g/mol. The van der Waals surface area contributed by atoms with Crippen LogP contribution in [0.2, 0.25) is 0 Å². The number of benzene rings is 1. The maximum atomic E-state index is 13.4. The number of imidazole rings is 1. The molecule has 3 aliphatic rings. The second kappa shape index (κ2) is 6.07. The zero-order chi connectivity index (χ0) is 18.7. The molecule has 1 saturated heterocycles. The Hall–Kier alpha value is -2.86. The highest BCUT2D eigenvalue weighted by Crippen LogP contribution is 2.35. The topological polar surface area (TPSA) is 61.1 Å². The number of fused-ring (bicyclic) bond motifs is 5. The van der Waals surface area contributed by atoms with E-state index in [-0.39, 0.29) is 5.56 Å². The van der Waals surface area contributed by atoms with Gasteiger partial charge in [-0.3, -0.25) is 9.36 Å². The van der Waals surface area contributed by atoms with Crippen LogP contribution >= 0.6 is 0 Å². The molecule has 5 heterocycles. The van der Waals surface area contributed by atoms with Crippen LogP contribution in [-0.4, -0.2) is 33.8 Å². The summed E-state index contributed by atoms with van der Waals surface area (Å²) in [5.41, 5.74) is 4.02. The van der Waals surface area contributed by atoms with Gasteiger partial charge in [0.25, 0.3) is 5.56 Å². The lowest BCUT2D eigenvalue weighted by molar-refractivity contribution is 0.257. The van der Waals surface area contributed by atoms with Gasteiger partial charge in [-0.1, -0.05) is 12.1 Å². The molecule has 2 bridgehead atoms. The molecule has 2 atom stereocenters. The van der Waals surface area contributed by atoms with Crippen molar-refractivity contribution in [3.8, 4) is 22.8 Å². The van der Waals surface area contributed by atoms with Crippen molar-refractivity contribution in [1.29, 1.82) is 0 Å². The zero-order valence-corrected chi connectivity index (χ0v) is 15.6. The van der Waals surface area contributed by atoms with Gasteiger partial charge < -0.3 is 14.6 Å². The van der Waals surface area contributed by atoms with Crippen molar-refractivity contribution in [1.82, 2.24) is 19.4 Å². The first kappa shape index (κ1) is 16.1. The van der Waals surface area contributed by atoms with Gasteiger partial charge in [-0.15, -0.1) is 0 Å². The SMILES string of the molecule is O=c1c(-c2nccn2-c2cccc3c2OCC3)ccc2n1C[C@@H]1CNC[C@H]2C1. The lowest BCUT2D eigenvalue weighted by atomic mass is 9.84. The fourth-order valence-electron chi connectivity index (χ4n) is 5.05. The fraction of sp³-hybridized carbons (Fsp3) is 0.364. The summed E-state index contributed by atoms with van der Waals surface area (Å²) in [6, 6.07) is 10.2. The summed E-state index contributed by atoms with van der Waals surface area (Å²) in [6.07, 6.45) is 5.76. The van der Waals surface area contributed by atoms with E-state index in [1.807, 2.05) is 33.5 Å². The van der Waals surface area contributed by atoms with Gasteiger partial charge in [0.05, 0.1) is 17.9 Å². The Morgan fingerprint density at radius 1 is 1.18 bits per heavy atom. The van der Waals surface area contributed by atoms with Crippen LogP contribution in [-0.2, 0) is 13.0 Å². The summed E-state index contributed by atoms with van der Waals surface area (Å²) < 4.78 is 9.85. The van der Waals surface area contributed by atoms with E-state index in [4.69, 9.17) is 4.74 Å².